The molecule has 0 unspecified atom stereocenters. The van der Waals surface area contributed by atoms with Crippen molar-refractivity contribution >= 4 is 17.0 Å². The van der Waals surface area contributed by atoms with Crippen LogP contribution in [0.4, 0.5) is 14.6 Å². The maximum atomic E-state index is 13.8. The zero-order valence-corrected chi connectivity index (χ0v) is 16.4. The molecule has 1 saturated heterocycles. The second kappa shape index (κ2) is 6.76. The highest BCUT2D eigenvalue weighted by atomic mass is 19.3. The van der Waals surface area contributed by atoms with E-state index < -0.39 is 5.92 Å². The third-order valence-electron chi connectivity index (χ3n) is 4.94. The van der Waals surface area contributed by atoms with Gasteiger partial charge in [-0.15, -0.1) is 5.10 Å². The number of fused-ring (bicyclic) bond motifs is 1. The number of hydrogen-bond acceptors (Lipinski definition) is 5. The summed E-state index contributed by atoms with van der Waals surface area (Å²) < 4.78 is 29.4. The van der Waals surface area contributed by atoms with Crippen LogP contribution in [0.15, 0.2) is 30.3 Å². The van der Waals surface area contributed by atoms with Crippen LogP contribution in [0.5, 0.6) is 0 Å². The van der Waals surface area contributed by atoms with Crippen LogP contribution >= 0.6 is 0 Å². The van der Waals surface area contributed by atoms with Crippen molar-refractivity contribution in [1.29, 1.82) is 0 Å². The Morgan fingerprint density at radius 3 is 2.50 bits per heavy atom. The van der Waals surface area contributed by atoms with E-state index in [-0.39, 0.29) is 24.9 Å². The number of alkyl halides is 2. The van der Waals surface area contributed by atoms with Gasteiger partial charge in [-0.3, -0.25) is 0 Å². The Kier molecular flexibility index (Phi) is 4.51. The average Bonchev–Trinajstić information content (AvgIpc) is 3.22. The SMILES string of the molecule is CC(C)(C)c1nc(N2CCC(F)(F)C2)c2nnn(CCc3ccccc3)c2n1. The molecule has 28 heavy (non-hydrogen) atoms. The lowest BCUT2D eigenvalue weighted by molar-refractivity contribution is 0.0257. The molecule has 0 atom stereocenters. The second-order valence-electron chi connectivity index (χ2n) is 8.37. The van der Waals surface area contributed by atoms with Crippen molar-refractivity contribution < 1.29 is 8.78 Å². The minimum Gasteiger partial charge on any atom is -0.348 e. The molecule has 1 aromatic carbocycles. The van der Waals surface area contributed by atoms with Crippen LogP contribution in [0.1, 0.15) is 38.6 Å². The van der Waals surface area contributed by atoms with Gasteiger partial charge in [-0.2, -0.15) is 0 Å². The minimum absolute atomic E-state index is 0.175. The molecule has 6 nitrogen and oxygen atoms in total. The average molecular weight is 386 g/mol. The van der Waals surface area contributed by atoms with E-state index in [4.69, 9.17) is 4.98 Å². The van der Waals surface area contributed by atoms with Crippen molar-refractivity contribution in [2.24, 2.45) is 0 Å². The van der Waals surface area contributed by atoms with Crippen LogP contribution < -0.4 is 4.90 Å². The lowest BCUT2D eigenvalue weighted by atomic mass is 9.96. The highest BCUT2D eigenvalue weighted by molar-refractivity contribution is 5.83. The maximum Gasteiger partial charge on any atom is 0.266 e. The first kappa shape index (κ1) is 18.7. The molecule has 0 amide bonds. The van der Waals surface area contributed by atoms with Gasteiger partial charge in [0.05, 0.1) is 6.54 Å². The molecule has 0 saturated carbocycles. The fourth-order valence-corrected chi connectivity index (χ4v) is 3.34. The number of aromatic nitrogens is 5. The largest absolute Gasteiger partial charge is 0.348 e. The van der Waals surface area contributed by atoms with Crippen molar-refractivity contribution in [2.45, 2.75) is 51.5 Å². The Morgan fingerprint density at radius 1 is 1.11 bits per heavy atom. The fourth-order valence-electron chi connectivity index (χ4n) is 3.34. The number of rotatable bonds is 4. The van der Waals surface area contributed by atoms with Gasteiger partial charge in [-0.25, -0.2) is 23.4 Å². The molecule has 1 aliphatic heterocycles. The molecule has 1 fully saturated rings. The summed E-state index contributed by atoms with van der Waals surface area (Å²) in [5, 5.41) is 8.50. The van der Waals surface area contributed by atoms with Gasteiger partial charge < -0.3 is 4.90 Å². The first-order valence-electron chi connectivity index (χ1n) is 9.51. The number of halogens is 2. The Labute approximate surface area is 162 Å². The Balaban J connectivity index is 1.73. The van der Waals surface area contributed by atoms with E-state index in [0.717, 1.165) is 6.42 Å². The maximum absolute atomic E-state index is 13.8. The van der Waals surface area contributed by atoms with E-state index in [2.05, 4.69) is 27.4 Å². The van der Waals surface area contributed by atoms with Gasteiger partial charge in [-0.1, -0.05) is 56.3 Å². The van der Waals surface area contributed by atoms with Crippen molar-refractivity contribution in [3.8, 4) is 0 Å². The van der Waals surface area contributed by atoms with Crippen LogP contribution in [0, 0.1) is 0 Å². The van der Waals surface area contributed by atoms with Crippen LogP contribution in [0.25, 0.3) is 11.2 Å². The van der Waals surface area contributed by atoms with Gasteiger partial charge in [0.1, 0.15) is 5.82 Å². The number of benzene rings is 1. The lowest BCUT2D eigenvalue weighted by Gasteiger charge is -2.22. The van der Waals surface area contributed by atoms with Crippen molar-refractivity contribution in [3.05, 3.63) is 41.7 Å². The standard InChI is InChI=1S/C20H24F2N6/c1-19(2,3)18-23-16(27-12-10-20(21,22)13-27)15-17(24-18)28(26-25-15)11-9-14-7-5-4-6-8-14/h4-8H,9-13H2,1-3H3. The highest BCUT2D eigenvalue weighted by Crippen LogP contribution is 2.34. The molecular formula is C20H24F2N6. The molecule has 1 aliphatic rings. The number of hydrogen-bond donors (Lipinski definition) is 0. The topological polar surface area (TPSA) is 59.7 Å². The molecule has 148 valence electrons. The van der Waals surface area contributed by atoms with Crippen molar-refractivity contribution in [3.63, 3.8) is 0 Å². The monoisotopic (exact) mass is 386 g/mol. The molecule has 3 aromatic rings. The molecular weight excluding hydrogens is 362 g/mol. The number of anilines is 1. The summed E-state index contributed by atoms with van der Waals surface area (Å²) in [7, 11) is 0. The molecule has 0 N–H and O–H groups in total. The summed E-state index contributed by atoms with van der Waals surface area (Å²) in [5.41, 5.74) is 1.95. The summed E-state index contributed by atoms with van der Waals surface area (Å²) in [6.45, 7) is 6.54. The van der Waals surface area contributed by atoms with Crippen LogP contribution in [0.3, 0.4) is 0 Å². The van der Waals surface area contributed by atoms with Gasteiger partial charge in [-0.05, 0) is 12.0 Å². The van der Waals surface area contributed by atoms with Gasteiger partial charge in [0.25, 0.3) is 5.92 Å². The van der Waals surface area contributed by atoms with E-state index in [1.807, 2.05) is 39.0 Å². The summed E-state index contributed by atoms with van der Waals surface area (Å²) in [6, 6.07) is 10.1. The van der Waals surface area contributed by atoms with E-state index in [0.29, 0.717) is 29.4 Å². The molecule has 8 heteroatoms. The summed E-state index contributed by atoms with van der Waals surface area (Å²) in [6.07, 6.45) is 0.608. The third kappa shape index (κ3) is 3.68. The first-order chi connectivity index (χ1) is 13.2. The Morgan fingerprint density at radius 2 is 1.86 bits per heavy atom. The number of nitrogens with zero attached hydrogens (tertiary/aromatic N) is 6. The van der Waals surface area contributed by atoms with E-state index in [1.165, 1.54) is 5.56 Å². The van der Waals surface area contributed by atoms with Crippen molar-refractivity contribution in [2.75, 3.05) is 18.0 Å². The molecule has 4 rings (SSSR count). The molecule has 0 bridgehead atoms. The quantitative estimate of drug-likeness (QED) is 0.686. The van der Waals surface area contributed by atoms with E-state index in [9.17, 15) is 8.78 Å². The Bertz CT molecular complexity index is 978. The third-order valence-corrected chi connectivity index (χ3v) is 4.94. The van der Waals surface area contributed by atoms with Gasteiger partial charge >= 0.3 is 0 Å². The normalized spacial score (nSPS) is 16.8. The molecule has 0 aliphatic carbocycles. The smallest absolute Gasteiger partial charge is 0.266 e. The van der Waals surface area contributed by atoms with Gasteiger partial charge in [0, 0.05) is 24.9 Å². The van der Waals surface area contributed by atoms with Gasteiger partial charge in [0.2, 0.25) is 0 Å². The van der Waals surface area contributed by atoms with Crippen LogP contribution in [-0.4, -0.2) is 44.0 Å². The zero-order chi connectivity index (χ0) is 19.9. The number of aryl methyl sites for hydroxylation is 2. The minimum atomic E-state index is -2.71. The van der Waals surface area contributed by atoms with Gasteiger partial charge in [0.15, 0.2) is 17.0 Å². The molecule has 0 radical (unpaired) electrons. The first-order valence-corrected chi connectivity index (χ1v) is 9.51. The molecule has 2 aromatic heterocycles. The molecule has 3 heterocycles. The lowest BCUT2D eigenvalue weighted by Crippen LogP contribution is -2.27. The highest BCUT2D eigenvalue weighted by Gasteiger charge is 2.40. The second-order valence-corrected chi connectivity index (χ2v) is 8.37. The van der Waals surface area contributed by atoms with E-state index >= 15 is 0 Å². The zero-order valence-electron chi connectivity index (χ0n) is 16.4. The summed E-state index contributed by atoms with van der Waals surface area (Å²) in [5.74, 6) is -1.64. The van der Waals surface area contributed by atoms with E-state index in [1.54, 1.807) is 9.58 Å². The Hall–Kier alpha value is -2.64. The summed E-state index contributed by atoms with van der Waals surface area (Å²) in [4.78, 5) is 10.9. The predicted octanol–water partition coefficient (Wildman–Crippen LogP) is 3.61. The predicted molar refractivity (Wildman–Crippen MR) is 104 cm³/mol. The van der Waals surface area contributed by atoms with Crippen LogP contribution in [-0.2, 0) is 18.4 Å². The van der Waals surface area contributed by atoms with Crippen LogP contribution in [0.2, 0.25) is 0 Å². The van der Waals surface area contributed by atoms with Crippen molar-refractivity contribution in [1.82, 2.24) is 25.0 Å². The summed E-state index contributed by atoms with van der Waals surface area (Å²) >= 11 is 0. The molecule has 0 spiro atoms. The fraction of sp³-hybridized carbons (Fsp3) is 0.500.